The van der Waals surface area contributed by atoms with Crippen molar-refractivity contribution in [2.24, 2.45) is 4.99 Å². The molecule has 6 aromatic rings. The van der Waals surface area contributed by atoms with Crippen molar-refractivity contribution in [3.63, 3.8) is 0 Å². The van der Waals surface area contributed by atoms with Crippen molar-refractivity contribution in [2.45, 2.75) is 112 Å². The van der Waals surface area contributed by atoms with Gasteiger partial charge in [0.05, 0.1) is 12.1 Å². The zero-order valence-electron chi connectivity index (χ0n) is 35.8. The molecule has 4 N–H and O–H groups in total. The van der Waals surface area contributed by atoms with Gasteiger partial charge in [0.1, 0.15) is 22.7 Å². The maximum absolute atomic E-state index is 13.2. The van der Waals surface area contributed by atoms with Crippen LogP contribution in [0.5, 0.6) is 0 Å². The smallest absolute Gasteiger partial charge is 0.222 e. The minimum absolute atomic E-state index is 0.0247. The minimum Gasteiger partial charge on any atom is -0.356 e. The number of thiophene rings is 2. The molecule has 1 aliphatic rings. The van der Waals surface area contributed by atoms with Crippen LogP contribution in [-0.2, 0) is 22.7 Å². The SMILES string of the molecule is CCn1c2ccc(CNC(=O)CCCCCCCCCNC(=O)C[C@@H]3N=C(c4ccc(Cl)cc4)c4c(sc(C)c4C)N(C(C)=N)C3=N)cc2c2ccc(-c3cc(C)cs3)cc21. The number of fused-ring (bicyclic) bond motifs is 4. The minimum atomic E-state index is -0.744. The van der Waals surface area contributed by atoms with Crippen LogP contribution < -0.4 is 15.5 Å². The number of unbranched alkanes of at least 4 members (excludes halogenated alkanes) is 6. The Morgan fingerprint density at radius 2 is 1.56 bits per heavy atom. The molecule has 61 heavy (non-hydrogen) atoms. The first-order valence-electron chi connectivity index (χ1n) is 21.4. The second-order valence-corrected chi connectivity index (χ2v) is 18.7. The Balaban J connectivity index is 0.815. The van der Waals surface area contributed by atoms with Crippen LogP contribution >= 0.6 is 34.3 Å². The van der Waals surface area contributed by atoms with Crippen LogP contribution in [0.1, 0.15) is 104 Å². The van der Waals surface area contributed by atoms with Crippen LogP contribution in [0.25, 0.3) is 32.2 Å². The van der Waals surface area contributed by atoms with E-state index in [1.54, 1.807) is 34.5 Å². The van der Waals surface area contributed by atoms with Gasteiger partial charge in [0.25, 0.3) is 0 Å². The molecule has 0 spiro atoms. The van der Waals surface area contributed by atoms with E-state index in [2.05, 4.69) is 76.9 Å². The Hall–Kier alpha value is -5.10. The highest BCUT2D eigenvalue weighted by Crippen LogP contribution is 2.40. The molecule has 0 radical (unpaired) electrons. The fourth-order valence-electron chi connectivity index (χ4n) is 8.28. The lowest BCUT2D eigenvalue weighted by Crippen LogP contribution is -2.42. The number of nitrogens with zero attached hydrogens (tertiary/aromatic N) is 3. The van der Waals surface area contributed by atoms with Gasteiger partial charge in [-0.3, -0.25) is 30.3 Å². The molecule has 4 heterocycles. The lowest BCUT2D eigenvalue weighted by atomic mass is 9.99. The second-order valence-electron chi connectivity index (χ2n) is 16.1. The number of aromatic nitrogens is 1. The van der Waals surface area contributed by atoms with E-state index in [0.29, 0.717) is 30.2 Å². The molecular formula is C49H56ClN7O2S2. The number of anilines is 1. The first kappa shape index (κ1) is 44.0. The van der Waals surface area contributed by atoms with E-state index in [0.717, 1.165) is 83.6 Å². The van der Waals surface area contributed by atoms with Crippen LogP contribution in [0.2, 0.25) is 5.02 Å². The van der Waals surface area contributed by atoms with E-state index in [-0.39, 0.29) is 29.9 Å². The Bertz CT molecular complexity index is 2620. The Kier molecular flexibility index (Phi) is 14.2. The quantitative estimate of drug-likeness (QED) is 0.0414. The largest absolute Gasteiger partial charge is 0.356 e. The molecule has 12 heteroatoms. The number of hydrogen-bond donors (Lipinski definition) is 4. The number of carbonyl (C=O) groups excluding carboxylic acids is 2. The molecule has 0 saturated carbocycles. The fraction of sp³-hybridized carbons (Fsp3) is 0.367. The topological polar surface area (TPSA) is 126 Å². The normalized spacial score (nSPS) is 14.0. The number of rotatable bonds is 17. The molecule has 1 atom stereocenters. The van der Waals surface area contributed by atoms with Crippen molar-refractivity contribution >= 4 is 90.3 Å². The monoisotopic (exact) mass is 873 g/mol. The van der Waals surface area contributed by atoms with Gasteiger partial charge in [-0.1, -0.05) is 74.0 Å². The number of halogens is 1. The summed E-state index contributed by atoms with van der Waals surface area (Å²) < 4.78 is 2.38. The predicted octanol–water partition coefficient (Wildman–Crippen LogP) is 12.1. The summed E-state index contributed by atoms with van der Waals surface area (Å²) in [4.78, 5) is 35.0. The standard InChI is InChI=1S/C49H56ClN7O2S2/c1-6-56-41-22-15-34(25-39(41)38-21-18-36(26-42(38)56)43-24-30(2)29-60-43)28-54-44(58)14-12-10-8-7-9-11-13-23-53-45(59)27-40-48(52)57(33(5)51)49-46(31(3)32(4)61-49)47(55-40)35-16-19-37(50)20-17-35/h15-22,24-26,29,40,51-52H,6-14,23,27-28H2,1-5H3,(H,53,59)(H,54,58)/t40-/m0/s1. The van der Waals surface area contributed by atoms with E-state index in [9.17, 15) is 9.59 Å². The Morgan fingerprint density at radius 3 is 2.26 bits per heavy atom. The average molecular weight is 875 g/mol. The summed E-state index contributed by atoms with van der Waals surface area (Å²) in [5.74, 6) is 0.278. The number of carbonyl (C=O) groups is 2. The van der Waals surface area contributed by atoms with Gasteiger partial charge in [0, 0.05) is 73.8 Å². The first-order chi connectivity index (χ1) is 29.4. The van der Waals surface area contributed by atoms with E-state index in [1.807, 2.05) is 38.1 Å². The number of nitrogens with one attached hydrogen (secondary N) is 4. The molecule has 3 aromatic carbocycles. The van der Waals surface area contributed by atoms with Gasteiger partial charge in [0.15, 0.2) is 0 Å². The highest BCUT2D eigenvalue weighted by atomic mass is 35.5. The van der Waals surface area contributed by atoms with Crippen molar-refractivity contribution in [2.75, 3.05) is 11.4 Å². The summed E-state index contributed by atoms with van der Waals surface area (Å²) in [7, 11) is 0. The predicted molar refractivity (Wildman–Crippen MR) is 258 cm³/mol. The van der Waals surface area contributed by atoms with Gasteiger partial charge in [-0.15, -0.1) is 22.7 Å². The summed E-state index contributed by atoms with van der Waals surface area (Å²) >= 11 is 9.54. The van der Waals surface area contributed by atoms with Crippen molar-refractivity contribution in [3.05, 3.63) is 110 Å². The highest BCUT2D eigenvalue weighted by Gasteiger charge is 2.34. The van der Waals surface area contributed by atoms with Crippen molar-refractivity contribution in [1.82, 2.24) is 15.2 Å². The van der Waals surface area contributed by atoms with Crippen molar-refractivity contribution in [1.29, 1.82) is 10.8 Å². The second kappa shape index (κ2) is 19.7. The molecular weight excluding hydrogens is 818 g/mol. The molecule has 0 unspecified atom stereocenters. The third-order valence-electron chi connectivity index (χ3n) is 11.6. The van der Waals surface area contributed by atoms with Gasteiger partial charge in [-0.05, 0) is 111 Å². The zero-order chi connectivity index (χ0) is 43.2. The molecule has 1 aliphatic heterocycles. The Morgan fingerprint density at radius 1 is 0.836 bits per heavy atom. The van der Waals surface area contributed by atoms with E-state index >= 15 is 0 Å². The average Bonchev–Trinajstić information content (AvgIpc) is 3.88. The van der Waals surface area contributed by atoms with Crippen LogP contribution in [0.15, 0.2) is 77.1 Å². The Labute approximate surface area is 372 Å². The van der Waals surface area contributed by atoms with Gasteiger partial charge >= 0.3 is 0 Å². The molecule has 0 bridgehead atoms. The van der Waals surface area contributed by atoms with Gasteiger partial charge in [0.2, 0.25) is 11.8 Å². The van der Waals surface area contributed by atoms with Gasteiger partial charge < -0.3 is 15.2 Å². The highest BCUT2D eigenvalue weighted by molar-refractivity contribution is 7.17. The number of hydrogen-bond acceptors (Lipinski definition) is 7. The number of aryl methyl sites for hydroxylation is 3. The summed E-state index contributed by atoms with van der Waals surface area (Å²) in [6.45, 7) is 12.1. The van der Waals surface area contributed by atoms with E-state index < -0.39 is 6.04 Å². The lowest BCUT2D eigenvalue weighted by molar-refractivity contribution is -0.122. The molecule has 7 rings (SSSR count). The van der Waals surface area contributed by atoms with Gasteiger partial charge in [-0.25, -0.2) is 0 Å². The summed E-state index contributed by atoms with van der Waals surface area (Å²) in [6.07, 6.45) is 7.58. The summed E-state index contributed by atoms with van der Waals surface area (Å²) in [5, 5.41) is 30.0. The summed E-state index contributed by atoms with van der Waals surface area (Å²) in [6, 6.07) is 22.3. The third kappa shape index (κ3) is 10.0. The number of benzene rings is 3. The maximum Gasteiger partial charge on any atom is 0.222 e. The van der Waals surface area contributed by atoms with Crippen molar-refractivity contribution in [3.8, 4) is 10.4 Å². The van der Waals surface area contributed by atoms with Crippen LogP contribution in [0.4, 0.5) is 5.00 Å². The molecule has 0 fully saturated rings. The molecule has 318 valence electrons. The maximum atomic E-state index is 13.2. The number of amides is 2. The number of amidine groups is 2. The number of aliphatic imine (C=N–C) groups is 1. The molecule has 0 saturated heterocycles. The third-order valence-corrected chi connectivity index (χ3v) is 14.2. The molecule has 0 aliphatic carbocycles. The fourth-order valence-corrected chi connectivity index (χ4v) is 10.5. The van der Waals surface area contributed by atoms with Gasteiger partial charge in [-0.2, -0.15) is 0 Å². The zero-order valence-corrected chi connectivity index (χ0v) is 38.2. The van der Waals surface area contributed by atoms with Crippen LogP contribution in [0.3, 0.4) is 0 Å². The lowest BCUT2D eigenvalue weighted by Gasteiger charge is -2.24. The molecule has 9 nitrogen and oxygen atoms in total. The van der Waals surface area contributed by atoms with Crippen LogP contribution in [0, 0.1) is 31.6 Å². The van der Waals surface area contributed by atoms with Crippen LogP contribution in [-0.4, -0.2) is 46.4 Å². The summed E-state index contributed by atoms with van der Waals surface area (Å²) in [5.41, 5.74) is 9.64. The molecule has 2 amide bonds. The first-order valence-corrected chi connectivity index (χ1v) is 23.5. The van der Waals surface area contributed by atoms with E-state index in [4.69, 9.17) is 27.4 Å². The molecule has 3 aromatic heterocycles. The van der Waals surface area contributed by atoms with Crippen molar-refractivity contribution < 1.29 is 9.59 Å². The van der Waals surface area contributed by atoms with E-state index in [1.165, 1.54) is 37.8 Å².